The quantitative estimate of drug-likeness (QED) is 0.832. The van der Waals surface area contributed by atoms with E-state index in [1.165, 1.54) is 5.56 Å². The molecule has 2 amide bonds. The molecule has 1 saturated carbocycles. The number of likely N-dealkylation sites (N-methyl/N-ethyl adjacent to an activating group) is 1. The van der Waals surface area contributed by atoms with Crippen LogP contribution in [0.4, 0.5) is 4.79 Å². The Morgan fingerprint density at radius 2 is 1.88 bits per heavy atom. The smallest absolute Gasteiger partial charge is 0.317 e. The molecule has 0 bridgehead atoms. The molecular formula is C18H32N6O. The zero-order valence-corrected chi connectivity index (χ0v) is 16.1. The molecule has 0 radical (unpaired) electrons. The molecule has 2 aliphatic rings. The van der Waals surface area contributed by atoms with Crippen LogP contribution in [-0.4, -0.2) is 82.9 Å². The first kappa shape index (κ1) is 18.2. The lowest BCUT2D eigenvalue weighted by molar-refractivity contribution is 0.152. The van der Waals surface area contributed by atoms with Crippen molar-refractivity contribution in [1.82, 2.24) is 29.8 Å². The lowest BCUT2D eigenvalue weighted by atomic mass is 10.2. The van der Waals surface area contributed by atoms with E-state index in [-0.39, 0.29) is 6.03 Å². The second-order valence-corrected chi connectivity index (χ2v) is 7.51. The van der Waals surface area contributed by atoms with Gasteiger partial charge in [-0.3, -0.25) is 9.58 Å². The van der Waals surface area contributed by atoms with Crippen molar-refractivity contribution in [3.8, 4) is 0 Å². The summed E-state index contributed by atoms with van der Waals surface area (Å²) in [7, 11) is 4.12. The van der Waals surface area contributed by atoms with Crippen molar-refractivity contribution < 1.29 is 4.79 Å². The topological polar surface area (TPSA) is 56.6 Å². The number of hydrogen-bond acceptors (Lipinski definition) is 4. The zero-order valence-electron chi connectivity index (χ0n) is 16.1. The molecule has 1 aromatic heterocycles. The summed E-state index contributed by atoms with van der Waals surface area (Å²) in [5.74, 6) is 0. The Labute approximate surface area is 150 Å². The molecule has 2 fully saturated rings. The number of aromatic nitrogens is 2. The van der Waals surface area contributed by atoms with Crippen molar-refractivity contribution in [2.45, 2.75) is 39.3 Å². The fraction of sp³-hybridized carbons (Fsp3) is 0.778. The molecule has 1 aliphatic heterocycles. The lowest BCUT2D eigenvalue weighted by Crippen LogP contribution is -2.48. The summed E-state index contributed by atoms with van der Waals surface area (Å²) >= 11 is 0. The predicted molar refractivity (Wildman–Crippen MR) is 98.6 cm³/mol. The molecule has 7 heteroatoms. The van der Waals surface area contributed by atoms with Crippen LogP contribution in [0.5, 0.6) is 0 Å². The van der Waals surface area contributed by atoms with Gasteiger partial charge in [-0.2, -0.15) is 5.10 Å². The fourth-order valence-electron chi connectivity index (χ4n) is 3.46. The Bertz CT molecular complexity index is 601. The van der Waals surface area contributed by atoms with Gasteiger partial charge in [0.15, 0.2) is 0 Å². The average Bonchev–Trinajstić information content (AvgIpc) is 3.38. The molecule has 1 aromatic rings. The molecular weight excluding hydrogens is 316 g/mol. The maximum Gasteiger partial charge on any atom is 0.317 e. The Balaban J connectivity index is 1.51. The molecule has 2 heterocycles. The minimum absolute atomic E-state index is 0.0688. The third-order valence-corrected chi connectivity index (χ3v) is 5.54. The van der Waals surface area contributed by atoms with E-state index >= 15 is 0 Å². The first-order valence-corrected chi connectivity index (χ1v) is 9.40. The maximum atomic E-state index is 12.7. The highest BCUT2D eigenvalue weighted by Crippen LogP contribution is 2.29. The van der Waals surface area contributed by atoms with Gasteiger partial charge in [0.05, 0.1) is 12.2 Å². The van der Waals surface area contributed by atoms with E-state index < -0.39 is 0 Å². The van der Waals surface area contributed by atoms with Gasteiger partial charge in [0.2, 0.25) is 0 Å². The van der Waals surface area contributed by atoms with E-state index in [1.54, 1.807) is 0 Å². The first-order valence-electron chi connectivity index (χ1n) is 9.40. The van der Waals surface area contributed by atoms with E-state index in [0.717, 1.165) is 63.5 Å². The third kappa shape index (κ3) is 4.52. The van der Waals surface area contributed by atoms with Gasteiger partial charge in [0.1, 0.15) is 0 Å². The number of nitrogens with zero attached hydrogens (tertiary/aromatic N) is 5. The van der Waals surface area contributed by atoms with Gasteiger partial charge >= 0.3 is 6.03 Å². The second-order valence-electron chi connectivity index (χ2n) is 7.51. The number of hydrogen-bond donors (Lipinski definition) is 1. The van der Waals surface area contributed by atoms with E-state index in [9.17, 15) is 4.79 Å². The monoisotopic (exact) mass is 348 g/mol. The van der Waals surface area contributed by atoms with Crippen LogP contribution < -0.4 is 5.32 Å². The van der Waals surface area contributed by atoms with E-state index in [1.807, 2.05) is 23.6 Å². The van der Waals surface area contributed by atoms with Gasteiger partial charge in [0.25, 0.3) is 0 Å². The fourth-order valence-corrected chi connectivity index (χ4v) is 3.46. The molecule has 0 aromatic carbocycles. The molecule has 25 heavy (non-hydrogen) atoms. The van der Waals surface area contributed by atoms with Gasteiger partial charge in [-0.1, -0.05) is 0 Å². The minimum atomic E-state index is 0.0688. The highest BCUT2D eigenvalue weighted by Gasteiger charge is 2.33. The van der Waals surface area contributed by atoms with Crippen LogP contribution in [-0.2, 0) is 13.6 Å². The van der Waals surface area contributed by atoms with Crippen molar-refractivity contribution in [3.63, 3.8) is 0 Å². The van der Waals surface area contributed by atoms with Crippen LogP contribution in [0, 0.1) is 13.8 Å². The molecule has 0 unspecified atom stereocenters. The van der Waals surface area contributed by atoms with Gasteiger partial charge in [-0.15, -0.1) is 0 Å². The van der Waals surface area contributed by atoms with Crippen LogP contribution in [0.15, 0.2) is 0 Å². The van der Waals surface area contributed by atoms with E-state index in [0.29, 0.717) is 12.6 Å². The highest BCUT2D eigenvalue weighted by molar-refractivity contribution is 5.75. The molecule has 1 saturated heterocycles. The van der Waals surface area contributed by atoms with Crippen LogP contribution >= 0.6 is 0 Å². The number of nitrogens with one attached hydrogen (secondary N) is 1. The SMILES string of the molecule is Cc1nn(C)c(C)c1CN(C(=O)NCCN1CCN(C)CC1)C1CC1. The van der Waals surface area contributed by atoms with Crippen molar-refractivity contribution >= 4 is 6.03 Å². The number of piperazine rings is 1. The summed E-state index contributed by atoms with van der Waals surface area (Å²) < 4.78 is 1.90. The van der Waals surface area contributed by atoms with Gasteiger partial charge in [0, 0.05) is 63.6 Å². The van der Waals surface area contributed by atoms with Gasteiger partial charge < -0.3 is 15.1 Å². The summed E-state index contributed by atoms with van der Waals surface area (Å²) in [5.41, 5.74) is 3.35. The maximum absolute atomic E-state index is 12.7. The van der Waals surface area contributed by atoms with E-state index in [2.05, 4.69) is 34.2 Å². The number of aryl methyl sites for hydroxylation is 2. The Kier molecular flexibility index (Phi) is 5.64. The van der Waals surface area contributed by atoms with Crippen molar-refractivity contribution in [2.24, 2.45) is 7.05 Å². The Hall–Kier alpha value is -1.60. The first-order chi connectivity index (χ1) is 12.0. The number of urea groups is 1. The molecule has 1 aliphatic carbocycles. The van der Waals surface area contributed by atoms with Crippen LogP contribution in [0.1, 0.15) is 29.8 Å². The summed E-state index contributed by atoms with van der Waals surface area (Å²) in [6.45, 7) is 10.8. The minimum Gasteiger partial charge on any atom is -0.337 e. The molecule has 1 N–H and O–H groups in total. The van der Waals surface area contributed by atoms with E-state index in [4.69, 9.17) is 0 Å². The Morgan fingerprint density at radius 1 is 1.20 bits per heavy atom. The largest absolute Gasteiger partial charge is 0.337 e. The van der Waals surface area contributed by atoms with Crippen LogP contribution in [0.2, 0.25) is 0 Å². The summed E-state index contributed by atoms with van der Waals surface area (Å²) in [4.78, 5) is 19.5. The van der Waals surface area contributed by atoms with Crippen molar-refractivity contribution in [1.29, 1.82) is 0 Å². The van der Waals surface area contributed by atoms with Gasteiger partial charge in [-0.05, 0) is 33.7 Å². The number of rotatable bonds is 6. The Morgan fingerprint density at radius 3 is 2.44 bits per heavy atom. The number of carbonyl (C=O) groups is 1. The van der Waals surface area contributed by atoms with Crippen molar-refractivity contribution in [2.75, 3.05) is 46.3 Å². The molecule has 7 nitrogen and oxygen atoms in total. The van der Waals surface area contributed by atoms with Crippen molar-refractivity contribution in [3.05, 3.63) is 17.0 Å². The summed E-state index contributed by atoms with van der Waals surface area (Å²) in [5, 5.41) is 7.61. The molecule has 140 valence electrons. The second kappa shape index (κ2) is 7.74. The number of carbonyl (C=O) groups excluding carboxylic acids is 1. The average molecular weight is 348 g/mol. The van der Waals surface area contributed by atoms with Gasteiger partial charge in [-0.25, -0.2) is 4.79 Å². The zero-order chi connectivity index (χ0) is 18.0. The summed E-state index contributed by atoms with van der Waals surface area (Å²) in [6.07, 6.45) is 2.23. The lowest BCUT2D eigenvalue weighted by Gasteiger charge is -2.32. The normalized spacial score (nSPS) is 19.2. The molecule has 0 atom stereocenters. The van der Waals surface area contributed by atoms with Crippen LogP contribution in [0.25, 0.3) is 0 Å². The third-order valence-electron chi connectivity index (χ3n) is 5.54. The standard InChI is InChI=1S/C18H32N6O/c1-14-17(15(2)22(4)20-14)13-24(16-5-6-16)18(25)19-7-8-23-11-9-21(3)10-12-23/h16H,5-13H2,1-4H3,(H,19,25). The van der Waals surface area contributed by atoms with Crippen LogP contribution in [0.3, 0.4) is 0 Å². The predicted octanol–water partition coefficient (Wildman–Crippen LogP) is 0.958. The highest BCUT2D eigenvalue weighted by atomic mass is 16.2. The molecule has 0 spiro atoms. The summed E-state index contributed by atoms with van der Waals surface area (Å²) in [6, 6.07) is 0.460. The molecule has 3 rings (SSSR count). The number of amides is 2.